The van der Waals surface area contributed by atoms with Crippen LogP contribution in [0.25, 0.3) is 0 Å². The van der Waals surface area contributed by atoms with Crippen LogP contribution in [0.2, 0.25) is 0 Å². The third-order valence-corrected chi connectivity index (χ3v) is 12.8. The number of quaternary nitrogens is 2. The van der Waals surface area contributed by atoms with Gasteiger partial charge in [-0.15, -0.1) is 0 Å². The first kappa shape index (κ1) is 55.0. The van der Waals surface area contributed by atoms with Crippen LogP contribution in [-0.2, 0) is 42.8 Å². The minimum atomic E-state index is -4.61. The lowest BCUT2D eigenvalue weighted by atomic mass is 10.1. The van der Waals surface area contributed by atoms with E-state index >= 15 is 0 Å². The number of carbonyl (C=O) groups excluding carboxylic acids is 2. The van der Waals surface area contributed by atoms with Gasteiger partial charge in [0.15, 0.2) is 0 Å². The molecule has 0 saturated carbocycles. The lowest BCUT2D eigenvalue weighted by Gasteiger charge is -2.35. The summed E-state index contributed by atoms with van der Waals surface area (Å²) >= 11 is 0. The molecule has 0 radical (unpaired) electrons. The van der Waals surface area contributed by atoms with Crippen molar-refractivity contribution in [2.24, 2.45) is 0 Å². The van der Waals surface area contributed by atoms with Crippen LogP contribution in [0, 0.1) is 20.2 Å². The Hall–Kier alpha value is -7.98. The van der Waals surface area contributed by atoms with Crippen LogP contribution in [0.15, 0.2) is 204 Å². The molecule has 2 unspecified atom stereocenters. The van der Waals surface area contributed by atoms with Crippen LogP contribution < -0.4 is 8.97 Å². The van der Waals surface area contributed by atoms with Gasteiger partial charge in [0.05, 0.1) is 44.9 Å². The van der Waals surface area contributed by atoms with Crippen LogP contribution >= 0.6 is 0 Å². The van der Waals surface area contributed by atoms with E-state index in [1.165, 1.54) is 11.1 Å². The number of rotatable bonds is 18. The smallest absolute Gasteiger partial charge is 0.338 e. The molecule has 20 heteroatoms. The molecule has 374 valence electrons. The van der Waals surface area contributed by atoms with Gasteiger partial charge in [0.1, 0.15) is 71.0 Å². The third-order valence-electron chi connectivity index (χ3n) is 11.1. The monoisotopic (exact) mass is 1020 g/mol. The van der Waals surface area contributed by atoms with Gasteiger partial charge in [-0.05, 0) is 60.7 Å². The van der Waals surface area contributed by atoms with Gasteiger partial charge in [-0.1, -0.05) is 109 Å². The van der Waals surface area contributed by atoms with Crippen LogP contribution in [0.5, 0.6) is 0 Å². The number of benzene rings is 7. The van der Waals surface area contributed by atoms with Gasteiger partial charge in [-0.3, -0.25) is 29.2 Å². The van der Waals surface area contributed by atoms with E-state index in [-0.39, 0.29) is 11.9 Å². The van der Waals surface area contributed by atoms with E-state index < -0.39 is 51.2 Å². The standard InChI is InChI=1S/C40H42N2O4.2C6H5NO5S/c1-41(37-19-11-5-12-20-37,27-29-45-39(43)35-15-7-3-8-16-35)31-33-23-25-34(26-24-33)32-42(2,38-21-13-6-14-22-38)28-30-46-40(44)36-17-9-4-10-18-36;2*8-7(9)5-2-1-3-6(4-5)13(10,11)12/h3-26H,27-32H2,1-2H3;2*1-4H,(H,10,11,12)/q+2;;/p-2. The van der Waals surface area contributed by atoms with E-state index in [0.29, 0.717) is 46.4 Å². The van der Waals surface area contributed by atoms with Gasteiger partial charge in [0.2, 0.25) is 0 Å². The van der Waals surface area contributed by atoms with Crippen LogP contribution in [0.4, 0.5) is 22.7 Å². The number of esters is 2. The zero-order chi connectivity index (χ0) is 52.4. The minimum Gasteiger partial charge on any atom is -0.744 e. The van der Waals surface area contributed by atoms with E-state index in [9.17, 15) is 55.8 Å². The molecule has 0 saturated heterocycles. The number of non-ortho nitro benzene ring substituents is 2. The van der Waals surface area contributed by atoms with Crippen LogP contribution in [0.1, 0.15) is 31.8 Å². The van der Waals surface area contributed by atoms with Gasteiger partial charge in [-0.2, -0.15) is 0 Å². The molecule has 0 aliphatic rings. The first-order valence-electron chi connectivity index (χ1n) is 21.9. The van der Waals surface area contributed by atoms with Crippen molar-refractivity contribution < 1.29 is 54.9 Å². The predicted octanol–water partition coefficient (Wildman–Crippen LogP) is 8.67. The number of hydrogen-bond acceptors (Lipinski definition) is 14. The fourth-order valence-corrected chi connectivity index (χ4v) is 8.25. The Kier molecular flexibility index (Phi) is 19.3. The molecule has 0 heterocycles. The molecule has 0 N–H and O–H groups in total. The van der Waals surface area contributed by atoms with Crippen molar-refractivity contribution in [2.75, 3.05) is 40.4 Å². The van der Waals surface area contributed by atoms with Crippen LogP contribution in [-0.4, -0.2) is 88.1 Å². The van der Waals surface area contributed by atoms with Gasteiger partial charge >= 0.3 is 11.9 Å². The summed E-state index contributed by atoms with van der Waals surface area (Å²) in [5, 5.41) is 20.4. The summed E-state index contributed by atoms with van der Waals surface area (Å²) < 4.78 is 75.1. The van der Waals surface area contributed by atoms with Crippen molar-refractivity contribution in [1.82, 2.24) is 8.97 Å². The summed E-state index contributed by atoms with van der Waals surface area (Å²) in [6, 6.07) is 55.7. The van der Waals surface area contributed by atoms with E-state index in [1.54, 1.807) is 24.3 Å². The van der Waals surface area contributed by atoms with Gasteiger partial charge in [0.25, 0.3) is 11.4 Å². The molecular weight excluding hydrogens is 969 g/mol. The summed E-state index contributed by atoms with van der Waals surface area (Å²) in [6.07, 6.45) is 0. The first-order valence-corrected chi connectivity index (χ1v) is 24.7. The molecule has 0 aromatic heterocycles. The summed E-state index contributed by atoms with van der Waals surface area (Å²) in [4.78, 5) is 42.8. The fraction of sp³-hybridized carbons (Fsp3) is 0.154. The molecule has 7 aromatic rings. The highest BCUT2D eigenvalue weighted by Crippen LogP contribution is 2.27. The molecule has 0 aliphatic heterocycles. The Balaban J connectivity index is 0.000000299. The fourth-order valence-electron chi connectivity index (χ4n) is 7.23. The number of likely N-dealkylation sites (N-methyl/N-ethyl adjacent to an activating group) is 2. The van der Waals surface area contributed by atoms with Crippen molar-refractivity contribution in [3.8, 4) is 0 Å². The first-order chi connectivity index (χ1) is 34.2. The second-order valence-corrected chi connectivity index (χ2v) is 19.2. The number of nitro benzene ring substituents is 2. The lowest BCUT2D eigenvalue weighted by Crippen LogP contribution is -2.47. The maximum atomic E-state index is 12.6. The Labute approximate surface area is 416 Å². The molecule has 0 spiro atoms. The highest BCUT2D eigenvalue weighted by Gasteiger charge is 2.28. The minimum absolute atomic E-state index is 0.305. The topological polar surface area (TPSA) is 253 Å². The molecule has 0 amide bonds. The average Bonchev–Trinajstić information content (AvgIpc) is 3.38. The van der Waals surface area contributed by atoms with Crippen molar-refractivity contribution in [3.63, 3.8) is 0 Å². The summed E-state index contributed by atoms with van der Waals surface area (Å²) in [5.74, 6) is -0.613. The molecule has 0 aliphatic carbocycles. The van der Waals surface area contributed by atoms with Crippen molar-refractivity contribution in [3.05, 3.63) is 237 Å². The van der Waals surface area contributed by atoms with E-state index in [1.807, 2.05) is 72.8 Å². The highest BCUT2D eigenvalue weighted by molar-refractivity contribution is 7.86. The molecule has 18 nitrogen and oxygen atoms in total. The van der Waals surface area contributed by atoms with E-state index in [2.05, 4.69) is 62.6 Å². The van der Waals surface area contributed by atoms with Gasteiger partial charge < -0.3 is 18.6 Å². The highest BCUT2D eigenvalue weighted by atomic mass is 32.2. The Morgan fingerprint density at radius 1 is 0.458 bits per heavy atom. The summed E-state index contributed by atoms with van der Waals surface area (Å²) in [7, 11) is -4.87. The normalized spacial score (nSPS) is 12.7. The van der Waals surface area contributed by atoms with Crippen molar-refractivity contribution >= 4 is 54.9 Å². The zero-order valence-corrected chi connectivity index (χ0v) is 40.7. The second kappa shape index (κ2) is 25.2. The average molecular weight is 1020 g/mol. The van der Waals surface area contributed by atoms with Crippen LogP contribution in [0.3, 0.4) is 0 Å². The molecule has 72 heavy (non-hydrogen) atoms. The number of ether oxygens (including phenoxy) is 2. The van der Waals surface area contributed by atoms with Crippen molar-refractivity contribution in [1.29, 1.82) is 0 Å². The number of nitro groups is 2. The molecule has 0 bridgehead atoms. The lowest BCUT2D eigenvalue weighted by molar-refractivity contribution is -0.385. The number of carbonyl (C=O) groups is 2. The maximum absolute atomic E-state index is 12.6. The Morgan fingerprint density at radius 2 is 0.764 bits per heavy atom. The van der Waals surface area contributed by atoms with E-state index in [4.69, 9.17) is 9.47 Å². The predicted molar refractivity (Wildman–Crippen MR) is 267 cm³/mol. The largest absolute Gasteiger partial charge is 0.744 e. The maximum Gasteiger partial charge on any atom is 0.338 e. The molecular formula is C52H50N4O14S2. The van der Waals surface area contributed by atoms with Gasteiger partial charge in [-0.25, -0.2) is 26.4 Å². The molecule has 2 atom stereocenters. The van der Waals surface area contributed by atoms with Crippen molar-refractivity contribution in [2.45, 2.75) is 22.9 Å². The molecule has 7 aromatic carbocycles. The Bertz CT molecular complexity index is 2940. The Morgan fingerprint density at radius 3 is 1.06 bits per heavy atom. The van der Waals surface area contributed by atoms with Gasteiger partial charge in [0, 0.05) is 35.4 Å². The molecule has 0 fully saturated rings. The summed E-state index contributed by atoms with van der Waals surface area (Å²) in [5.41, 5.74) is 4.96. The summed E-state index contributed by atoms with van der Waals surface area (Å²) in [6.45, 7) is 3.36. The molecule has 7 rings (SSSR count). The third kappa shape index (κ3) is 16.6. The second-order valence-electron chi connectivity index (χ2n) is 16.5. The zero-order valence-electron chi connectivity index (χ0n) is 39.0. The number of hydrogen-bond donors (Lipinski definition) is 0. The SMILES string of the molecule is C[N+](CCOC(=O)c1ccccc1)(Cc1ccc(C[N+](C)(CCOC(=O)c2ccccc2)c2ccccc2)cc1)c1ccccc1.O=[N+]([O-])c1cccc(S(=O)(=O)[O-])c1.O=[N+]([O-])c1cccc(S(=O)(=O)[O-])c1. The number of nitrogens with zero attached hydrogens (tertiary/aromatic N) is 4. The van der Waals surface area contributed by atoms with E-state index in [0.717, 1.165) is 73.0 Å². The number of para-hydroxylation sites is 2. The quantitative estimate of drug-likeness (QED) is 0.0256.